The molecule has 224 valence electrons. The maximum Gasteiger partial charge on any atom is 0.339 e. The molecule has 8 heteroatoms. The van der Waals surface area contributed by atoms with Gasteiger partial charge in [-0.25, -0.2) is 13.6 Å². The topological polar surface area (TPSA) is 106 Å². The van der Waals surface area contributed by atoms with Crippen molar-refractivity contribution in [3.05, 3.63) is 71.1 Å². The van der Waals surface area contributed by atoms with Crippen molar-refractivity contribution >= 4 is 5.97 Å². The molecule has 3 saturated carbocycles. The number of carboxylic acids is 1. The number of nitrogens with one attached hydrogen (secondary N) is 1. The number of rotatable bonds is 2. The number of hydrogen-bond donors (Lipinski definition) is 4. The standard InChI is InChI=1S/C21H32N2O.C13H8F2O3/c1-19-11-13-12-22-23-18(13)10-14(19)4-5-15-16(19)6-8-20(2)17(15)7-9-21(20,3)24;14-8-2-3-9(11(15)6-8)7-1-4-12(16)10(5-7)13(17)18/h12,14-17,24H,4-11H2,1-3H3,(H,22,23);1-6,16H,(H,17,18)/t14-,15+,16-,17-,19-,20-,21-;/m0./s1. The SMILES string of the molecule is C[C@]12Cc3cn[nH]c3C[C@@H]1CC[C@@H]1[C@@H]2CC[C@@]2(C)[C@H]1CC[C@]2(C)O.O=C(O)c1cc(-c2ccc(F)cc2F)ccc1O. The summed E-state index contributed by atoms with van der Waals surface area (Å²) in [7, 11) is 0. The predicted octanol–water partition coefficient (Wildman–Crippen LogP) is 7.15. The zero-order chi connectivity index (χ0) is 30.0. The van der Waals surface area contributed by atoms with Gasteiger partial charge in [0, 0.05) is 17.3 Å². The van der Waals surface area contributed by atoms with Crippen molar-refractivity contribution in [1.29, 1.82) is 0 Å². The zero-order valence-corrected chi connectivity index (χ0v) is 24.5. The van der Waals surface area contributed by atoms with Crippen LogP contribution < -0.4 is 0 Å². The van der Waals surface area contributed by atoms with Gasteiger partial charge < -0.3 is 15.3 Å². The summed E-state index contributed by atoms with van der Waals surface area (Å²) in [5, 5.41) is 36.8. The minimum atomic E-state index is -1.32. The quantitative estimate of drug-likeness (QED) is 0.258. The number of phenols is 1. The van der Waals surface area contributed by atoms with E-state index in [0.717, 1.165) is 48.3 Å². The fraction of sp³-hybridized carbons (Fsp3) is 0.529. The number of fused-ring (bicyclic) bond motifs is 6. The van der Waals surface area contributed by atoms with Crippen LogP contribution in [0.25, 0.3) is 11.1 Å². The lowest BCUT2D eigenvalue weighted by atomic mass is 9.44. The van der Waals surface area contributed by atoms with E-state index < -0.39 is 29.0 Å². The number of nitrogens with zero attached hydrogens (tertiary/aromatic N) is 1. The van der Waals surface area contributed by atoms with E-state index >= 15 is 0 Å². The number of hydrogen-bond acceptors (Lipinski definition) is 4. The van der Waals surface area contributed by atoms with Crippen LogP contribution in [-0.4, -0.2) is 37.1 Å². The smallest absolute Gasteiger partial charge is 0.339 e. The van der Waals surface area contributed by atoms with Gasteiger partial charge in [0.2, 0.25) is 0 Å². The maximum atomic E-state index is 13.5. The number of aromatic amines is 1. The largest absolute Gasteiger partial charge is 0.507 e. The first kappa shape index (κ1) is 28.8. The molecule has 0 saturated heterocycles. The highest BCUT2D eigenvalue weighted by molar-refractivity contribution is 5.92. The van der Waals surface area contributed by atoms with Crippen molar-refractivity contribution in [2.24, 2.45) is 34.5 Å². The molecule has 3 aromatic rings. The Balaban J connectivity index is 0.000000158. The van der Waals surface area contributed by atoms with Crippen molar-refractivity contribution in [1.82, 2.24) is 10.2 Å². The summed E-state index contributed by atoms with van der Waals surface area (Å²) in [6.07, 6.45) is 12.0. The predicted molar refractivity (Wildman–Crippen MR) is 155 cm³/mol. The van der Waals surface area contributed by atoms with Gasteiger partial charge in [0.1, 0.15) is 22.9 Å². The van der Waals surface area contributed by atoms with E-state index in [-0.39, 0.29) is 22.1 Å². The van der Waals surface area contributed by atoms with Gasteiger partial charge in [-0.05, 0) is 128 Å². The molecule has 0 radical (unpaired) electrons. The first-order valence-corrected chi connectivity index (χ1v) is 15.1. The third-order valence-electron chi connectivity index (χ3n) is 11.9. The van der Waals surface area contributed by atoms with Crippen LogP contribution in [-0.2, 0) is 12.8 Å². The highest BCUT2D eigenvalue weighted by atomic mass is 19.1. The Hall–Kier alpha value is -3.26. The van der Waals surface area contributed by atoms with Gasteiger partial charge in [-0.15, -0.1) is 0 Å². The van der Waals surface area contributed by atoms with E-state index in [2.05, 4.69) is 37.2 Å². The van der Waals surface area contributed by atoms with Crippen LogP contribution in [0, 0.1) is 46.1 Å². The molecular weight excluding hydrogens is 538 g/mol. The Bertz CT molecular complexity index is 1520. The van der Waals surface area contributed by atoms with Gasteiger partial charge in [-0.2, -0.15) is 5.10 Å². The molecule has 0 unspecified atom stereocenters. The molecule has 4 N–H and O–H groups in total. The van der Waals surface area contributed by atoms with Crippen LogP contribution in [0.1, 0.15) is 80.9 Å². The van der Waals surface area contributed by atoms with Gasteiger partial charge >= 0.3 is 5.97 Å². The minimum Gasteiger partial charge on any atom is -0.507 e. The van der Waals surface area contributed by atoms with Gasteiger partial charge in [-0.1, -0.05) is 19.9 Å². The van der Waals surface area contributed by atoms with Crippen molar-refractivity contribution in [3.63, 3.8) is 0 Å². The molecule has 0 bridgehead atoms. The second kappa shape index (κ2) is 10.2. The molecule has 1 aromatic heterocycles. The average Bonchev–Trinajstić information content (AvgIpc) is 3.48. The molecule has 6 nitrogen and oxygen atoms in total. The summed E-state index contributed by atoms with van der Waals surface area (Å²) in [4.78, 5) is 10.8. The molecule has 0 spiro atoms. The number of aromatic hydroxyl groups is 1. The second-order valence-electron chi connectivity index (χ2n) is 13.8. The maximum absolute atomic E-state index is 13.5. The van der Waals surface area contributed by atoms with E-state index in [4.69, 9.17) is 5.11 Å². The first-order chi connectivity index (χ1) is 19.8. The molecule has 4 aliphatic carbocycles. The number of H-pyrrole nitrogens is 1. The first-order valence-electron chi connectivity index (χ1n) is 15.1. The summed E-state index contributed by atoms with van der Waals surface area (Å²) in [5.74, 6) is -0.0254. The summed E-state index contributed by atoms with van der Waals surface area (Å²) < 4.78 is 26.3. The second-order valence-corrected chi connectivity index (χ2v) is 13.8. The van der Waals surface area contributed by atoms with E-state index in [1.807, 2.05) is 0 Å². The van der Waals surface area contributed by atoms with E-state index in [0.29, 0.717) is 11.5 Å². The fourth-order valence-corrected chi connectivity index (χ4v) is 9.31. The molecule has 7 atom stereocenters. The number of halogens is 2. The molecule has 1 heterocycles. The van der Waals surface area contributed by atoms with E-state index in [9.17, 15) is 23.8 Å². The number of aromatic nitrogens is 2. The molecule has 0 aliphatic heterocycles. The van der Waals surface area contributed by atoms with Crippen LogP contribution in [0.2, 0.25) is 0 Å². The molecular formula is C34H40F2N2O4. The number of carbonyl (C=O) groups is 1. The van der Waals surface area contributed by atoms with Gasteiger partial charge in [-0.3, -0.25) is 5.10 Å². The average molecular weight is 579 g/mol. The highest BCUT2D eigenvalue weighted by Gasteiger charge is 2.63. The lowest BCUT2D eigenvalue weighted by Crippen LogP contribution is -2.56. The minimum absolute atomic E-state index is 0.0684. The number of aliphatic hydroxyl groups is 1. The van der Waals surface area contributed by atoms with Crippen LogP contribution in [0.5, 0.6) is 5.75 Å². The summed E-state index contributed by atoms with van der Waals surface area (Å²) in [6.45, 7) is 7.09. The lowest BCUT2D eigenvalue weighted by Gasteiger charge is -2.60. The van der Waals surface area contributed by atoms with Crippen LogP contribution in [0.4, 0.5) is 8.78 Å². The summed E-state index contributed by atoms with van der Waals surface area (Å²) >= 11 is 0. The van der Waals surface area contributed by atoms with Gasteiger partial charge in [0.15, 0.2) is 0 Å². The third-order valence-corrected chi connectivity index (χ3v) is 11.9. The molecule has 3 fully saturated rings. The van der Waals surface area contributed by atoms with Crippen molar-refractivity contribution in [2.75, 3.05) is 0 Å². The van der Waals surface area contributed by atoms with Crippen LogP contribution in [0.3, 0.4) is 0 Å². The Labute approximate surface area is 245 Å². The number of aromatic carboxylic acids is 1. The summed E-state index contributed by atoms with van der Waals surface area (Å²) in [5.41, 5.74) is 2.99. The molecule has 42 heavy (non-hydrogen) atoms. The van der Waals surface area contributed by atoms with Gasteiger partial charge in [0.05, 0.1) is 11.8 Å². The number of benzene rings is 2. The zero-order valence-electron chi connectivity index (χ0n) is 24.5. The summed E-state index contributed by atoms with van der Waals surface area (Å²) in [6, 6.07) is 6.64. The van der Waals surface area contributed by atoms with Gasteiger partial charge in [0.25, 0.3) is 0 Å². The van der Waals surface area contributed by atoms with E-state index in [1.165, 1.54) is 68.3 Å². The molecule has 0 amide bonds. The van der Waals surface area contributed by atoms with Crippen LogP contribution >= 0.6 is 0 Å². The Morgan fingerprint density at radius 2 is 1.76 bits per heavy atom. The van der Waals surface area contributed by atoms with Crippen molar-refractivity contribution in [3.8, 4) is 16.9 Å². The van der Waals surface area contributed by atoms with Crippen molar-refractivity contribution < 1.29 is 28.9 Å². The van der Waals surface area contributed by atoms with Crippen molar-refractivity contribution in [2.45, 2.75) is 77.7 Å². The number of carboxylic acid groups (broad SMARTS) is 1. The molecule has 2 aromatic carbocycles. The van der Waals surface area contributed by atoms with Crippen LogP contribution in [0.15, 0.2) is 42.6 Å². The third kappa shape index (κ3) is 4.53. The highest BCUT2D eigenvalue weighted by Crippen LogP contribution is 2.67. The Morgan fingerprint density at radius 1 is 1.00 bits per heavy atom. The van der Waals surface area contributed by atoms with E-state index in [1.54, 1.807) is 0 Å². The molecule has 7 rings (SSSR count). The lowest BCUT2D eigenvalue weighted by molar-refractivity contribution is -0.139. The normalized spacial score (nSPS) is 34.7. The molecule has 4 aliphatic rings. The fourth-order valence-electron chi connectivity index (χ4n) is 9.31. The Kier molecular flexibility index (Phi) is 6.99. The Morgan fingerprint density at radius 3 is 2.50 bits per heavy atom. The monoisotopic (exact) mass is 578 g/mol.